The Hall–Kier alpha value is -1.83. The van der Waals surface area contributed by atoms with Crippen molar-refractivity contribution in [3.63, 3.8) is 0 Å². The van der Waals surface area contributed by atoms with Crippen LogP contribution in [0.3, 0.4) is 0 Å². The molecule has 2 heterocycles. The summed E-state index contributed by atoms with van der Waals surface area (Å²) >= 11 is 4.74. The first-order valence-electron chi connectivity index (χ1n) is 6.57. The molecule has 0 saturated carbocycles. The highest BCUT2D eigenvalue weighted by Crippen LogP contribution is 2.50. The minimum atomic E-state index is -0.962. The van der Waals surface area contributed by atoms with Gasteiger partial charge in [0.1, 0.15) is 0 Å². The molecule has 1 fully saturated rings. The molecule has 4 rings (SSSR count). The van der Waals surface area contributed by atoms with E-state index < -0.39 is 4.87 Å². The molecule has 0 radical (unpaired) electrons. The van der Waals surface area contributed by atoms with E-state index in [2.05, 4.69) is 32.1 Å². The second-order valence-corrected chi connectivity index (χ2v) is 7.14. The largest absolute Gasteiger partial charge is 0.323 e. The molecule has 0 aromatic heterocycles. The first-order chi connectivity index (χ1) is 10.6. The highest BCUT2D eigenvalue weighted by molar-refractivity contribution is 9.10. The number of amides is 1. The SMILES string of the molecule is O=C1C=CC=CC1=C1NNC2(S1)C(=O)Nc1ccc(Br)cc12. The third-order valence-electron chi connectivity index (χ3n) is 3.67. The summed E-state index contributed by atoms with van der Waals surface area (Å²) in [5.41, 5.74) is 8.19. The Morgan fingerprint density at radius 1 is 1.14 bits per heavy atom. The topological polar surface area (TPSA) is 70.2 Å². The van der Waals surface area contributed by atoms with Gasteiger partial charge in [0.05, 0.1) is 10.6 Å². The highest BCUT2D eigenvalue weighted by Gasteiger charge is 2.52. The summed E-state index contributed by atoms with van der Waals surface area (Å²) in [7, 11) is 0. The number of rotatable bonds is 0. The van der Waals surface area contributed by atoms with Crippen LogP contribution in [0.25, 0.3) is 0 Å². The average Bonchev–Trinajstić information content (AvgIpc) is 3.05. The summed E-state index contributed by atoms with van der Waals surface area (Å²) in [4.78, 5) is 23.5. The van der Waals surface area contributed by atoms with Crippen molar-refractivity contribution in [3.8, 4) is 0 Å². The Balaban J connectivity index is 1.80. The van der Waals surface area contributed by atoms with Gasteiger partial charge in [0.15, 0.2) is 10.7 Å². The van der Waals surface area contributed by atoms with Crippen molar-refractivity contribution in [2.75, 3.05) is 5.32 Å². The Bertz CT molecular complexity index is 815. The van der Waals surface area contributed by atoms with Gasteiger partial charge in [0, 0.05) is 15.7 Å². The smallest absolute Gasteiger partial charge is 0.261 e. The number of fused-ring (bicyclic) bond motifs is 2. The number of benzene rings is 1. The fraction of sp³-hybridized carbons (Fsp3) is 0.0667. The van der Waals surface area contributed by atoms with Crippen molar-refractivity contribution in [3.05, 3.63) is 63.1 Å². The molecule has 2 aliphatic heterocycles. The minimum absolute atomic E-state index is 0.0794. The predicted molar refractivity (Wildman–Crippen MR) is 88.6 cm³/mol. The van der Waals surface area contributed by atoms with Crippen LogP contribution in [-0.2, 0) is 14.5 Å². The van der Waals surface area contributed by atoms with Crippen molar-refractivity contribution >= 4 is 45.1 Å². The van der Waals surface area contributed by atoms with Gasteiger partial charge in [-0.2, -0.15) is 0 Å². The van der Waals surface area contributed by atoms with E-state index in [9.17, 15) is 9.59 Å². The maximum Gasteiger partial charge on any atom is 0.261 e. The van der Waals surface area contributed by atoms with E-state index >= 15 is 0 Å². The predicted octanol–water partition coefficient (Wildman–Crippen LogP) is 2.30. The zero-order valence-electron chi connectivity index (χ0n) is 11.1. The number of anilines is 1. The Morgan fingerprint density at radius 2 is 1.95 bits per heavy atom. The third-order valence-corrected chi connectivity index (χ3v) is 5.50. The van der Waals surface area contributed by atoms with E-state index in [1.165, 1.54) is 17.8 Å². The maximum atomic E-state index is 12.5. The number of thioether (sulfide) groups is 1. The standard InChI is InChI=1S/C15H10BrN3O2S/c16-8-5-6-11-10(7-8)15(14(21)17-11)19-18-13(22-15)9-3-1-2-4-12(9)20/h1-7,18-19H,(H,17,21). The number of hydrazine groups is 1. The lowest BCUT2D eigenvalue weighted by Gasteiger charge is -2.18. The van der Waals surface area contributed by atoms with E-state index in [1.807, 2.05) is 18.2 Å². The van der Waals surface area contributed by atoms with E-state index in [0.29, 0.717) is 10.6 Å². The van der Waals surface area contributed by atoms with Crippen LogP contribution in [-0.4, -0.2) is 11.7 Å². The molecular weight excluding hydrogens is 366 g/mol. The summed E-state index contributed by atoms with van der Waals surface area (Å²) in [6, 6.07) is 5.64. The average molecular weight is 376 g/mol. The Morgan fingerprint density at radius 3 is 2.77 bits per heavy atom. The summed E-state index contributed by atoms with van der Waals surface area (Å²) < 4.78 is 0.891. The third kappa shape index (κ3) is 1.89. The van der Waals surface area contributed by atoms with E-state index in [1.54, 1.807) is 18.2 Å². The second kappa shape index (κ2) is 4.84. The lowest BCUT2D eigenvalue weighted by atomic mass is 10.1. The van der Waals surface area contributed by atoms with E-state index in [0.717, 1.165) is 15.7 Å². The molecule has 5 nitrogen and oxygen atoms in total. The maximum absolute atomic E-state index is 12.5. The number of hydrogen-bond donors (Lipinski definition) is 3. The Kier molecular flexibility index (Phi) is 3.04. The molecule has 110 valence electrons. The fourth-order valence-electron chi connectivity index (χ4n) is 2.60. The molecule has 0 bridgehead atoms. The molecule has 22 heavy (non-hydrogen) atoms. The van der Waals surface area contributed by atoms with Gasteiger partial charge in [0.25, 0.3) is 5.91 Å². The fourth-order valence-corrected chi connectivity index (χ4v) is 4.17. The minimum Gasteiger partial charge on any atom is -0.323 e. The number of halogens is 1. The summed E-state index contributed by atoms with van der Waals surface area (Å²) in [6.07, 6.45) is 6.75. The van der Waals surface area contributed by atoms with Gasteiger partial charge in [-0.15, -0.1) is 0 Å². The van der Waals surface area contributed by atoms with Gasteiger partial charge < -0.3 is 10.7 Å². The van der Waals surface area contributed by atoms with Crippen molar-refractivity contribution < 1.29 is 9.59 Å². The van der Waals surface area contributed by atoms with Gasteiger partial charge >= 0.3 is 0 Å². The van der Waals surface area contributed by atoms with E-state index in [4.69, 9.17) is 0 Å². The van der Waals surface area contributed by atoms with Gasteiger partial charge in [-0.05, 0) is 30.4 Å². The van der Waals surface area contributed by atoms with Crippen molar-refractivity contribution in [1.82, 2.24) is 10.9 Å². The van der Waals surface area contributed by atoms with Crippen LogP contribution in [0.1, 0.15) is 5.56 Å². The van der Waals surface area contributed by atoms with Crippen molar-refractivity contribution in [2.45, 2.75) is 4.87 Å². The molecule has 1 atom stereocenters. The zero-order chi connectivity index (χ0) is 15.3. The van der Waals surface area contributed by atoms with Crippen LogP contribution in [0.5, 0.6) is 0 Å². The summed E-state index contributed by atoms with van der Waals surface area (Å²) in [5.74, 6) is -0.235. The van der Waals surface area contributed by atoms with Crippen LogP contribution < -0.4 is 16.2 Å². The molecule has 1 spiro atoms. The van der Waals surface area contributed by atoms with Crippen LogP contribution in [0.2, 0.25) is 0 Å². The second-order valence-electron chi connectivity index (χ2n) is 5.00. The van der Waals surface area contributed by atoms with Crippen LogP contribution in [0.15, 0.2) is 57.6 Å². The summed E-state index contributed by atoms with van der Waals surface area (Å²) in [5, 5.41) is 3.52. The number of carbonyl (C=O) groups is 2. The lowest BCUT2D eigenvalue weighted by molar-refractivity contribution is -0.118. The monoisotopic (exact) mass is 375 g/mol. The van der Waals surface area contributed by atoms with Crippen LogP contribution >= 0.6 is 27.7 Å². The number of carbonyl (C=O) groups excluding carboxylic acids is 2. The zero-order valence-corrected chi connectivity index (χ0v) is 13.5. The molecule has 3 aliphatic rings. The number of nitrogens with one attached hydrogen (secondary N) is 3. The van der Waals surface area contributed by atoms with Gasteiger partial charge in [-0.1, -0.05) is 39.8 Å². The van der Waals surface area contributed by atoms with Crippen molar-refractivity contribution in [1.29, 1.82) is 0 Å². The lowest BCUT2D eigenvalue weighted by Crippen LogP contribution is -2.44. The van der Waals surface area contributed by atoms with Crippen LogP contribution in [0, 0.1) is 0 Å². The molecule has 7 heteroatoms. The number of hydrogen-bond acceptors (Lipinski definition) is 5. The normalized spacial score (nSPS) is 29.0. The summed E-state index contributed by atoms with van der Waals surface area (Å²) in [6.45, 7) is 0. The quantitative estimate of drug-likeness (QED) is 0.607. The molecular formula is C15H10BrN3O2S. The highest BCUT2D eigenvalue weighted by atomic mass is 79.9. The number of allylic oxidation sites excluding steroid dienone is 5. The Labute approximate surface area is 139 Å². The van der Waals surface area contributed by atoms with Gasteiger partial charge in [0.2, 0.25) is 0 Å². The molecule has 1 aliphatic carbocycles. The molecule has 1 aromatic carbocycles. The molecule has 1 aromatic rings. The first-order valence-corrected chi connectivity index (χ1v) is 8.18. The molecule has 3 N–H and O–H groups in total. The number of ketones is 1. The van der Waals surface area contributed by atoms with Crippen LogP contribution in [0.4, 0.5) is 5.69 Å². The van der Waals surface area contributed by atoms with Gasteiger partial charge in [-0.3, -0.25) is 9.59 Å². The van der Waals surface area contributed by atoms with Crippen molar-refractivity contribution in [2.24, 2.45) is 0 Å². The molecule has 1 saturated heterocycles. The van der Waals surface area contributed by atoms with E-state index in [-0.39, 0.29) is 11.7 Å². The molecule has 1 amide bonds. The first kappa shape index (κ1) is 13.8. The molecule has 1 unspecified atom stereocenters. The van der Waals surface area contributed by atoms with Gasteiger partial charge in [-0.25, -0.2) is 5.43 Å².